The second kappa shape index (κ2) is 9.49. The molecule has 0 aliphatic heterocycles. The molecule has 2 heterocycles. The molecule has 0 radical (unpaired) electrons. The highest BCUT2D eigenvalue weighted by atomic mass is 31.0. The second-order valence-corrected chi connectivity index (χ2v) is 7.87. The number of hydrogen-bond donors (Lipinski definition) is 2. The second-order valence-electron chi connectivity index (χ2n) is 7.14. The fraction of sp³-hybridized carbons (Fsp3) is 0.217. The molecule has 0 fully saturated rings. The molecule has 0 bridgehead atoms. The molecule has 3 aromatic rings. The summed E-state index contributed by atoms with van der Waals surface area (Å²) >= 11 is 0. The highest BCUT2D eigenvalue weighted by molar-refractivity contribution is 7.17. The number of aryl methyl sites for hydroxylation is 2. The molecule has 1 unspecified atom stereocenters. The number of carbonyl (C=O) groups excluding carboxylic acids is 2. The van der Waals surface area contributed by atoms with Crippen LogP contribution in [0.5, 0.6) is 0 Å². The number of benzene rings is 1. The number of halogens is 2. The molecule has 0 aliphatic carbocycles. The topological polar surface area (TPSA) is 84.0 Å². The van der Waals surface area contributed by atoms with E-state index in [0.717, 1.165) is 23.6 Å². The van der Waals surface area contributed by atoms with Gasteiger partial charge in [0.1, 0.15) is 5.69 Å². The zero-order valence-corrected chi connectivity index (χ0v) is 19.0. The van der Waals surface area contributed by atoms with Crippen LogP contribution in [0.25, 0.3) is 11.3 Å². The van der Waals surface area contributed by atoms with Crippen LogP contribution in [0.15, 0.2) is 48.7 Å². The van der Waals surface area contributed by atoms with Crippen molar-refractivity contribution in [2.45, 2.75) is 25.9 Å². The summed E-state index contributed by atoms with van der Waals surface area (Å²) in [4.78, 5) is 32.7. The minimum absolute atomic E-state index is 0.206. The number of nitrogens with one attached hydrogen (secondary N) is 2. The van der Waals surface area contributed by atoms with Crippen LogP contribution in [-0.4, -0.2) is 28.8 Å². The standard InChI is InChI=1S/C23H23F2N4O2P/c1-4-14-5-7-16(11-18(14)19-9-6-15(12-27-19)21(30)26-3)29-22(31)17-8-10-20(23(24,25)32)28-13(17)2/h5-12H,4,32H2,1-3H3,(H,26,30)(H,29,31). The Morgan fingerprint density at radius 1 is 1.09 bits per heavy atom. The van der Waals surface area contributed by atoms with Gasteiger partial charge < -0.3 is 10.6 Å². The number of rotatable bonds is 6. The summed E-state index contributed by atoms with van der Waals surface area (Å²) in [7, 11) is 2.99. The van der Waals surface area contributed by atoms with Gasteiger partial charge in [0.25, 0.3) is 17.5 Å². The first-order chi connectivity index (χ1) is 15.1. The Balaban J connectivity index is 1.88. The zero-order chi connectivity index (χ0) is 23.5. The van der Waals surface area contributed by atoms with Crippen molar-refractivity contribution in [2.75, 3.05) is 12.4 Å². The van der Waals surface area contributed by atoms with E-state index in [1.807, 2.05) is 13.0 Å². The summed E-state index contributed by atoms with van der Waals surface area (Å²) < 4.78 is 26.9. The molecule has 0 saturated carbocycles. The zero-order valence-electron chi connectivity index (χ0n) is 17.9. The smallest absolute Gasteiger partial charge is 0.300 e. The van der Waals surface area contributed by atoms with Gasteiger partial charge >= 0.3 is 0 Å². The fourth-order valence-electron chi connectivity index (χ4n) is 3.22. The average Bonchev–Trinajstić information content (AvgIpc) is 2.77. The van der Waals surface area contributed by atoms with Gasteiger partial charge in [-0.2, -0.15) is 8.78 Å². The normalized spacial score (nSPS) is 11.2. The van der Waals surface area contributed by atoms with Gasteiger partial charge in [0.15, 0.2) is 0 Å². The molecule has 1 atom stereocenters. The average molecular weight is 456 g/mol. The maximum atomic E-state index is 13.5. The summed E-state index contributed by atoms with van der Waals surface area (Å²) in [5.41, 5.74) is 0.310. The molecule has 9 heteroatoms. The van der Waals surface area contributed by atoms with Crippen molar-refractivity contribution >= 4 is 26.7 Å². The Kier molecular flexibility index (Phi) is 6.94. The van der Waals surface area contributed by atoms with Crippen LogP contribution in [0.3, 0.4) is 0 Å². The van der Waals surface area contributed by atoms with Gasteiger partial charge in [-0.1, -0.05) is 22.2 Å². The van der Waals surface area contributed by atoms with Crippen LogP contribution in [0.2, 0.25) is 0 Å². The summed E-state index contributed by atoms with van der Waals surface area (Å²) in [6, 6.07) is 11.4. The number of anilines is 1. The van der Waals surface area contributed by atoms with Crippen molar-refractivity contribution in [3.63, 3.8) is 0 Å². The van der Waals surface area contributed by atoms with Crippen molar-refractivity contribution in [1.82, 2.24) is 15.3 Å². The molecule has 0 spiro atoms. The van der Waals surface area contributed by atoms with Crippen molar-refractivity contribution < 1.29 is 18.4 Å². The van der Waals surface area contributed by atoms with Gasteiger partial charge in [-0.25, -0.2) is 0 Å². The number of alkyl halides is 2. The van der Waals surface area contributed by atoms with Crippen LogP contribution >= 0.6 is 9.24 Å². The number of aromatic nitrogens is 2. The Morgan fingerprint density at radius 3 is 2.41 bits per heavy atom. The quantitative estimate of drug-likeness (QED) is 0.533. The summed E-state index contributed by atoms with van der Waals surface area (Å²) in [5.74, 6) is -0.679. The summed E-state index contributed by atoms with van der Waals surface area (Å²) in [6.45, 7) is 3.52. The SMILES string of the molecule is CCc1ccc(NC(=O)c2ccc(C(F)(F)P)nc2C)cc1-c1ccc(C(=O)NC)cn1. The molecule has 6 nitrogen and oxygen atoms in total. The minimum atomic E-state index is -3.16. The third kappa shape index (κ3) is 5.14. The van der Waals surface area contributed by atoms with E-state index in [1.54, 1.807) is 31.3 Å². The lowest BCUT2D eigenvalue weighted by Gasteiger charge is -2.14. The van der Waals surface area contributed by atoms with Gasteiger partial charge in [-0.15, -0.1) is 0 Å². The molecule has 2 N–H and O–H groups in total. The number of nitrogens with zero attached hydrogens (tertiary/aromatic N) is 2. The molecule has 2 amide bonds. The summed E-state index contributed by atoms with van der Waals surface area (Å²) in [5, 5.41) is 5.35. The largest absolute Gasteiger partial charge is 0.355 e. The van der Waals surface area contributed by atoms with E-state index >= 15 is 0 Å². The lowest BCUT2D eigenvalue weighted by atomic mass is 10.0. The molecule has 32 heavy (non-hydrogen) atoms. The summed E-state index contributed by atoms with van der Waals surface area (Å²) in [6.07, 6.45) is 2.24. The molecular weight excluding hydrogens is 433 g/mol. The number of amides is 2. The molecule has 0 aliphatic rings. The Bertz CT molecular complexity index is 1160. The molecule has 0 saturated heterocycles. The molecular formula is C23H23F2N4O2P. The minimum Gasteiger partial charge on any atom is -0.355 e. The lowest BCUT2D eigenvalue weighted by molar-refractivity contribution is 0.0961. The van der Waals surface area contributed by atoms with Gasteiger partial charge in [0.2, 0.25) is 0 Å². The van der Waals surface area contributed by atoms with E-state index in [0.29, 0.717) is 16.9 Å². The van der Waals surface area contributed by atoms with E-state index in [4.69, 9.17) is 0 Å². The van der Waals surface area contributed by atoms with E-state index in [2.05, 4.69) is 20.6 Å². The molecule has 2 aromatic heterocycles. The van der Waals surface area contributed by atoms with Crippen molar-refractivity contribution in [1.29, 1.82) is 0 Å². The number of carbonyl (C=O) groups is 2. The van der Waals surface area contributed by atoms with Crippen molar-refractivity contribution in [3.05, 3.63) is 76.7 Å². The van der Waals surface area contributed by atoms with E-state index in [9.17, 15) is 18.4 Å². The lowest BCUT2D eigenvalue weighted by Crippen LogP contribution is -2.17. The van der Waals surface area contributed by atoms with Gasteiger partial charge in [-0.05, 0) is 55.3 Å². The van der Waals surface area contributed by atoms with Crippen molar-refractivity contribution in [3.8, 4) is 11.3 Å². The van der Waals surface area contributed by atoms with Crippen LogP contribution in [-0.2, 0) is 12.1 Å². The Labute approximate surface area is 187 Å². The Morgan fingerprint density at radius 2 is 1.84 bits per heavy atom. The maximum Gasteiger partial charge on any atom is 0.300 e. The van der Waals surface area contributed by atoms with Gasteiger partial charge in [0.05, 0.1) is 22.5 Å². The first-order valence-corrected chi connectivity index (χ1v) is 10.5. The monoisotopic (exact) mass is 456 g/mol. The molecule has 166 valence electrons. The first kappa shape index (κ1) is 23.4. The van der Waals surface area contributed by atoms with Crippen LogP contribution in [0.1, 0.15) is 44.6 Å². The van der Waals surface area contributed by atoms with E-state index in [-0.39, 0.29) is 17.2 Å². The highest BCUT2D eigenvalue weighted by Crippen LogP contribution is 2.34. The molecule has 3 rings (SSSR count). The van der Waals surface area contributed by atoms with Gasteiger partial charge in [-0.3, -0.25) is 19.6 Å². The first-order valence-electron chi connectivity index (χ1n) is 9.91. The Hall–Kier alpha value is -3.25. The van der Waals surface area contributed by atoms with E-state index < -0.39 is 17.3 Å². The van der Waals surface area contributed by atoms with Gasteiger partial charge in [0, 0.05) is 24.5 Å². The molecule has 1 aromatic carbocycles. The number of hydrogen-bond acceptors (Lipinski definition) is 4. The highest BCUT2D eigenvalue weighted by Gasteiger charge is 2.27. The van der Waals surface area contributed by atoms with Crippen LogP contribution in [0, 0.1) is 6.92 Å². The predicted octanol–water partition coefficient (Wildman–Crippen LogP) is 4.55. The van der Waals surface area contributed by atoms with Crippen LogP contribution < -0.4 is 10.6 Å². The van der Waals surface area contributed by atoms with Crippen molar-refractivity contribution in [2.24, 2.45) is 0 Å². The maximum absolute atomic E-state index is 13.5. The van der Waals surface area contributed by atoms with Crippen LogP contribution in [0.4, 0.5) is 14.5 Å². The van der Waals surface area contributed by atoms with E-state index in [1.165, 1.54) is 28.4 Å². The third-order valence-corrected chi connectivity index (χ3v) is 5.25. The third-order valence-electron chi connectivity index (χ3n) is 4.95. The predicted molar refractivity (Wildman–Crippen MR) is 123 cm³/mol. The number of pyridine rings is 2. The fourth-order valence-corrected chi connectivity index (χ4v) is 3.38.